The number of hydrazine groups is 2. The highest BCUT2D eigenvalue weighted by atomic mass is 15.7. The summed E-state index contributed by atoms with van der Waals surface area (Å²) in [5.41, 5.74) is 10.2. The first-order chi connectivity index (χ1) is 13.8. The van der Waals surface area contributed by atoms with Gasteiger partial charge in [0.2, 0.25) is 0 Å². The van der Waals surface area contributed by atoms with Crippen LogP contribution in [0.1, 0.15) is 5.56 Å². The monoisotopic (exact) mass is 365 g/mol. The Morgan fingerprint density at radius 3 is 1.50 bits per heavy atom. The summed E-state index contributed by atoms with van der Waals surface area (Å²) in [5, 5.41) is 1.55. The number of para-hydroxylation sites is 1. The second kappa shape index (κ2) is 8.53. The molecule has 28 heavy (non-hydrogen) atoms. The first-order valence-electron chi connectivity index (χ1n) is 9.38. The third-order valence-corrected chi connectivity index (χ3v) is 4.77. The van der Waals surface area contributed by atoms with Crippen molar-refractivity contribution in [1.29, 1.82) is 0 Å². The third kappa shape index (κ3) is 4.29. The molecule has 0 radical (unpaired) electrons. The summed E-state index contributed by atoms with van der Waals surface area (Å²) in [6, 6.07) is 37.5. The van der Waals surface area contributed by atoms with E-state index in [0.29, 0.717) is 6.54 Å². The largest absolute Gasteiger partial charge is 0.244 e. The molecule has 138 valence electrons. The highest BCUT2D eigenvalue weighted by Gasteiger charge is 2.03. The van der Waals surface area contributed by atoms with Gasteiger partial charge in [-0.25, -0.2) is 16.4 Å². The number of nitrogens with zero attached hydrogens (tertiary/aromatic N) is 1. The number of rotatable bonds is 6. The van der Waals surface area contributed by atoms with Crippen LogP contribution in [-0.4, -0.2) is 0 Å². The van der Waals surface area contributed by atoms with Crippen LogP contribution in [0.2, 0.25) is 0 Å². The molecule has 0 fully saturated rings. The van der Waals surface area contributed by atoms with Crippen LogP contribution in [-0.2, 0) is 6.54 Å². The van der Waals surface area contributed by atoms with Crippen molar-refractivity contribution in [1.82, 2.24) is 5.43 Å². The van der Waals surface area contributed by atoms with Crippen LogP contribution in [0.15, 0.2) is 109 Å². The number of nitrogens with one attached hydrogen (secondary N) is 1. The molecular formula is C25H23N3. The van der Waals surface area contributed by atoms with E-state index in [9.17, 15) is 0 Å². The molecule has 4 aromatic carbocycles. The topological polar surface area (TPSA) is 41.3 Å². The lowest BCUT2D eigenvalue weighted by Gasteiger charge is -2.19. The maximum Gasteiger partial charge on any atom is 0.0699 e. The maximum atomic E-state index is 6.05. The second-order valence-electron chi connectivity index (χ2n) is 6.68. The van der Waals surface area contributed by atoms with E-state index in [-0.39, 0.29) is 0 Å². The molecule has 0 atom stereocenters. The van der Waals surface area contributed by atoms with E-state index < -0.39 is 0 Å². The van der Waals surface area contributed by atoms with Crippen molar-refractivity contribution in [3.8, 4) is 22.3 Å². The van der Waals surface area contributed by atoms with E-state index in [1.165, 1.54) is 27.8 Å². The normalized spacial score (nSPS) is 10.6. The number of nitrogens with two attached hydrogens (primary N) is 1. The second-order valence-corrected chi connectivity index (χ2v) is 6.68. The lowest BCUT2D eigenvalue weighted by molar-refractivity contribution is 0.642. The van der Waals surface area contributed by atoms with Crippen LogP contribution in [0.5, 0.6) is 0 Å². The van der Waals surface area contributed by atoms with Crippen LogP contribution in [0.3, 0.4) is 0 Å². The Morgan fingerprint density at radius 1 is 0.536 bits per heavy atom. The van der Waals surface area contributed by atoms with Crippen molar-refractivity contribution >= 4 is 5.69 Å². The molecule has 0 unspecified atom stereocenters. The molecule has 0 spiro atoms. The summed E-state index contributed by atoms with van der Waals surface area (Å²) >= 11 is 0. The molecule has 4 aromatic rings. The molecule has 3 nitrogen and oxygen atoms in total. The predicted molar refractivity (Wildman–Crippen MR) is 117 cm³/mol. The van der Waals surface area contributed by atoms with Gasteiger partial charge in [0.15, 0.2) is 0 Å². The number of anilines is 1. The minimum Gasteiger partial charge on any atom is -0.244 e. The van der Waals surface area contributed by atoms with Gasteiger partial charge in [-0.1, -0.05) is 97.1 Å². The van der Waals surface area contributed by atoms with E-state index in [0.717, 1.165) is 5.69 Å². The average Bonchev–Trinajstić information content (AvgIpc) is 2.79. The summed E-state index contributed by atoms with van der Waals surface area (Å²) < 4.78 is 0. The van der Waals surface area contributed by atoms with Gasteiger partial charge >= 0.3 is 0 Å². The SMILES string of the molecule is NN(NCc1ccc(-c2ccc(-c3ccccc3)cc2)cc1)c1ccccc1. The first-order valence-corrected chi connectivity index (χ1v) is 9.38. The lowest BCUT2D eigenvalue weighted by Crippen LogP contribution is -2.43. The van der Waals surface area contributed by atoms with Gasteiger partial charge in [0, 0.05) is 6.54 Å². The first kappa shape index (κ1) is 18.0. The quantitative estimate of drug-likeness (QED) is 0.355. The molecule has 0 aliphatic carbocycles. The average molecular weight is 365 g/mol. The van der Waals surface area contributed by atoms with Gasteiger partial charge < -0.3 is 0 Å². The Bertz CT molecular complexity index is 995. The molecule has 0 saturated heterocycles. The van der Waals surface area contributed by atoms with Gasteiger partial charge in [-0.15, -0.1) is 0 Å². The molecule has 3 heteroatoms. The van der Waals surface area contributed by atoms with Gasteiger partial charge in [0.05, 0.1) is 5.69 Å². The predicted octanol–water partition coefficient (Wildman–Crippen LogP) is 5.41. The number of hydrogen-bond acceptors (Lipinski definition) is 3. The summed E-state index contributed by atoms with van der Waals surface area (Å²) in [4.78, 5) is 0. The molecular weight excluding hydrogens is 342 g/mol. The van der Waals surface area contributed by atoms with E-state index in [2.05, 4.69) is 78.2 Å². The van der Waals surface area contributed by atoms with Crippen molar-refractivity contribution in [2.24, 2.45) is 5.84 Å². The van der Waals surface area contributed by atoms with Crippen LogP contribution in [0.25, 0.3) is 22.3 Å². The number of hydrogen-bond donors (Lipinski definition) is 2. The highest BCUT2D eigenvalue weighted by Crippen LogP contribution is 2.25. The van der Waals surface area contributed by atoms with E-state index >= 15 is 0 Å². The summed E-state index contributed by atoms with van der Waals surface area (Å²) in [6.07, 6.45) is 0. The molecule has 0 heterocycles. The van der Waals surface area contributed by atoms with Gasteiger partial charge in [0.25, 0.3) is 0 Å². The minimum absolute atomic E-state index is 0.665. The Labute approximate surface area is 166 Å². The minimum atomic E-state index is 0.665. The molecule has 3 N–H and O–H groups in total. The van der Waals surface area contributed by atoms with Crippen molar-refractivity contribution in [2.75, 3.05) is 5.12 Å². The van der Waals surface area contributed by atoms with Crippen LogP contribution in [0, 0.1) is 0 Å². The molecule has 0 saturated carbocycles. The Balaban J connectivity index is 1.40. The Kier molecular flexibility index (Phi) is 5.48. The van der Waals surface area contributed by atoms with Crippen LogP contribution >= 0.6 is 0 Å². The zero-order valence-electron chi connectivity index (χ0n) is 15.6. The Hall–Kier alpha value is -3.40. The molecule has 0 bridgehead atoms. The van der Waals surface area contributed by atoms with Crippen LogP contribution < -0.4 is 16.4 Å². The van der Waals surface area contributed by atoms with Crippen molar-refractivity contribution in [2.45, 2.75) is 6.54 Å². The fourth-order valence-corrected chi connectivity index (χ4v) is 3.16. The molecule has 4 rings (SSSR count). The standard InChI is InChI=1S/C25H23N3/c26-28(25-9-5-2-6-10-25)27-19-20-11-13-22(14-12-20)24-17-15-23(16-18-24)21-7-3-1-4-8-21/h1-18,27H,19,26H2. The van der Waals surface area contributed by atoms with E-state index in [4.69, 9.17) is 5.84 Å². The summed E-state index contributed by atoms with van der Waals surface area (Å²) in [6.45, 7) is 0.665. The molecule has 0 aromatic heterocycles. The molecule has 0 amide bonds. The number of benzene rings is 4. The van der Waals surface area contributed by atoms with Crippen molar-refractivity contribution in [3.05, 3.63) is 115 Å². The van der Waals surface area contributed by atoms with E-state index in [1.54, 1.807) is 5.12 Å². The van der Waals surface area contributed by atoms with Gasteiger partial charge in [-0.05, 0) is 39.9 Å². The van der Waals surface area contributed by atoms with Gasteiger partial charge in [0.1, 0.15) is 0 Å². The zero-order valence-corrected chi connectivity index (χ0v) is 15.6. The fraction of sp³-hybridized carbons (Fsp3) is 0.0400. The zero-order chi connectivity index (χ0) is 19.2. The van der Waals surface area contributed by atoms with Gasteiger partial charge in [-0.3, -0.25) is 0 Å². The summed E-state index contributed by atoms with van der Waals surface area (Å²) in [5.74, 6) is 6.05. The fourth-order valence-electron chi connectivity index (χ4n) is 3.16. The van der Waals surface area contributed by atoms with Gasteiger partial charge in [-0.2, -0.15) is 0 Å². The molecule has 0 aliphatic rings. The summed E-state index contributed by atoms with van der Waals surface area (Å²) in [7, 11) is 0. The smallest absolute Gasteiger partial charge is 0.0699 e. The van der Waals surface area contributed by atoms with Crippen LogP contribution in [0.4, 0.5) is 5.69 Å². The Morgan fingerprint density at radius 2 is 0.964 bits per heavy atom. The lowest BCUT2D eigenvalue weighted by atomic mass is 10.00. The highest BCUT2D eigenvalue weighted by molar-refractivity contribution is 5.70. The maximum absolute atomic E-state index is 6.05. The van der Waals surface area contributed by atoms with Crippen molar-refractivity contribution < 1.29 is 0 Å². The van der Waals surface area contributed by atoms with Crippen molar-refractivity contribution in [3.63, 3.8) is 0 Å². The third-order valence-electron chi connectivity index (χ3n) is 4.77. The van der Waals surface area contributed by atoms with E-state index in [1.807, 2.05) is 36.4 Å². The molecule has 0 aliphatic heterocycles.